The number of carbonyl (C=O) groups excluding carboxylic acids is 1. The molecule has 6 nitrogen and oxygen atoms in total. The van der Waals surface area contributed by atoms with Crippen LogP contribution in [0.1, 0.15) is 57.6 Å². The van der Waals surface area contributed by atoms with Crippen LogP contribution in [-0.4, -0.2) is 37.3 Å². The molecule has 0 saturated heterocycles. The molecule has 0 heterocycles. The molecule has 3 rings (SSSR count). The van der Waals surface area contributed by atoms with Crippen LogP contribution in [0.3, 0.4) is 0 Å². The van der Waals surface area contributed by atoms with Crippen molar-refractivity contribution >= 4 is 41.7 Å². The van der Waals surface area contributed by atoms with Gasteiger partial charge in [0.1, 0.15) is 5.60 Å². The number of guanidine groups is 1. The Morgan fingerprint density at radius 3 is 2.41 bits per heavy atom. The van der Waals surface area contributed by atoms with Gasteiger partial charge in [0, 0.05) is 26.2 Å². The van der Waals surface area contributed by atoms with Crippen molar-refractivity contribution in [2.24, 2.45) is 10.9 Å². The van der Waals surface area contributed by atoms with Crippen LogP contribution in [0.5, 0.6) is 0 Å². The van der Waals surface area contributed by atoms with Crippen LogP contribution in [0, 0.1) is 12.8 Å². The number of amides is 1. The fraction of sp³-hybridized carbons (Fsp3) is 0.636. The van der Waals surface area contributed by atoms with Crippen LogP contribution >= 0.6 is 24.0 Å². The average molecular weight is 514 g/mol. The maximum atomic E-state index is 12.7. The highest BCUT2D eigenvalue weighted by Gasteiger charge is 2.37. The predicted molar refractivity (Wildman–Crippen MR) is 129 cm³/mol. The second-order valence-corrected chi connectivity index (χ2v) is 8.95. The zero-order valence-electron chi connectivity index (χ0n) is 18.2. The molecule has 2 aliphatic rings. The van der Waals surface area contributed by atoms with E-state index in [1.807, 2.05) is 31.7 Å². The van der Waals surface area contributed by atoms with Gasteiger partial charge in [0.25, 0.3) is 0 Å². The lowest BCUT2D eigenvalue weighted by Crippen LogP contribution is -2.39. The first kappa shape index (κ1) is 23.8. The Kier molecular flexibility index (Phi) is 8.19. The Labute approximate surface area is 191 Å². The highest BCUT2D eigenvalue weighted by atomic mass is 127. The number of hydrogen-bond donors (Lipinski definition) is 2. The van der Waals surface area contributed by atoms with E-state index in [1.165, 1.54) is 12.8 Å². The van der Waals surface area contributed by atoms with Crippen LogP contribution in [0.2, 0.25) is 0 Å². The number of hydrogen-bond acceptors (Lipinski definition) is 3. The molecule has 0 aromatic heterocycles. The van der Waals surface area contributed by atoms with Gasteiger partial charge >= 0.3 is 6.09 Å². The summed E-state index contributed by atoms with van der Waals surface area (Å²) in [6, 6.07) is 6.50. The van der Waals surface area contributed by atoms with E-state index < -0.39 is 5.60 Å². The predicted octanol–water partition coefficient (Wildman–Crippen LogP) is 4.59. The molecule has 2 aliphatic carbocycles. The SMILES string of the molecule is CN=C(NCc1ccc(N(C(=O)OC(C)(C)C)C2CC2)c(C)c1)NCC1CC1.I. The summed E-state index contributed by atoms with van der Waals surface area (Å²) in [5.74, 6) is 1.64. The highest BCUT2D eigenvalue weighted by molar-refractivity contribution is 14.0. The number of ether oxygens (including phenoxy) is 1. The number of nitrogens with zero attached hydrogens (tertiary/aromatic N) is 2. The van der Waals surface area contributed by atoms with E-state index >= 15 is 0 Å². The minimum atomic E-state index is -0.495. The van der Waals surface area contributed by atoms with Gasteiger partial charge in [0.2, 0.25) is 0 Å². The first-order chi connectivity index (χ1) is 13.3. The minimum absolute atomic E-state index is 0. The third-order valence-corrected chi connectivity index (χ3v) is 4.96. The summed E-state index contributed by atoms with van der Waals surface area (Å²) >= 11 is 0. The quantitative estimate of drug-likeness (QED) is 0.331. The van der Waals surface area contributed by atoms with Crippen molar-refractivity contribution in [2.75, 3.05) is 18.5 Å². The molecule has 162 valence electrons. The van der Waals surface area contributed by atoms with Gasteiger partial charge in [-0.25, -0.2) is 4.79 Å². The van der Waals surface area contributed by atoms with Gasteiger partial charge in [0.05, 0.1) is 5.69 Å². The smallest absolute Gasteiger partial charge is 0.415 e. The van der Waals surface area contributed by atoms with E-state index in [0.29, 0.717) is 6.54 Å². The first-order valence-corrected chi connectivity index (χ1v) is 10.3. The zero-order valence-corrected chi connectivity index (χ0v) is 20.6. The van der Waals surface area contributed by atoms with Gasteiger partial charge in [-0.15, -0.1) is 24.0 Å². The van der Waals surface area contributed by atoms with Crippen molar-refractivity contribution in [3.8, 4) is 0 Å². The van der Waals surface area contributed by atoms with E-state index in [0.717, 1.165) is 48.1 Å². The third kappa shape index (κ3) is 7.35. The molecule has 29 heavy (non-hydrogen) atoms. The number of halogens is 1. The van der Waals surface area contributed by atoms with E-state index in [9.17, 15) is 4.79 Å². The summed E-state index contributed by atoms with van der Waals surface area (Å²) in [5.41, 5.74) is 2.69. The summed E-state index contributed by atoms with van der Waals surface area (Å²) in [5, 5.41) is 6.74. The molecular formula is C22H35IN4O2. The van der Waals surface area contributed by atoms with Crippen LogP contribution in [0.25, 0.3) is 0 Å². The second-order valence-electron chi connectivity index (χ2n) is 8.95. The molecule has 1 aromatic rings. The number of aliphatic imine (C=N–C) groups is 1. The third-order valence-electron chi connectivity index (χ3n) is 4.96. The lowest BCUT2D eigenvalue weighted by atomic mass is 10.1. The van der Waals surface area contributed by atoms with Crippen molar-refractivity contribution in [1.29, 1.82) is 0 Å². The molecule has 1 amide bonds. The number of rotatable bonds is 6. The van der Waals surface area contributed by atoms with Crippen molar-refractivity contribution in [2.45, 2.75) is 71.6 Å². The second kappa shape index (κ2) is 10.00. The summed E-state index contributed by atoms with van der Waals surface area (Å²) in [7, 11) is 1.80. The Morgan fingerprint density at radius 1 is 1.21 bits per heavy atom. The lowest BCUT2D eigenvalue weighted by Gasteiger charge is -2.28. The normalized spacial score (nSPS) is 16.7. The van der Waals surface area contributed by atoms with Crippen LogP contribution in [0.4, 0.5) is 10.5 Å². The fourth-order valence-corrected chi connectivity index (χ4v) is 3.16. The van der Waals surface area contributed by atoms with Gasteiger partial charge in [0.15, 0.2) is 5.96 Å². The van der Waals surface area contributed by atoms with E-state index in [1.54, 1.807) is 7.05 Å². The van der Waals surface area contributed by atoms with Gasteiger partial charge in [-0.2, -0.15) is 0 Å². The molecule has 0 atom stereocenters. The maximum Gasteiger partial charge on any atom is 0.415 e. The van der Waals surface area contributed by atoms with Gasteiger partial charge in [-0.1, -0.05) is 12.1 Å². The largest absolute Gasteiger partial charge is 0.443 e. The Hall–Kier alpha value is -1.51. The molecule has 2 fully saturated rings. The standard InChI is InChI=1S/C22H34N4O2.HI/c1-15-12-17(14-25-20(23-5)24-13-16-6-7-16)8-11-19(15)26(18-9-10-18)21(27)28-22(2,3)4;/h8,11-12,16,18H,6-7,9-10,13-14H2,1-5H3,(H2,23,24,25);1H. The summed E-state index contributed by atoms with van der Waals surface area (Å²) in [4.78, 5) is 18.8. The number of aryl methyl sites for hydroxylation is 1. The van der Waals surface area contributed by atoms with E-state index in [2.05, 4.69) is 34.7 Å². The Morgan fingerprint density at radius 2 is 1.90 bits per heavy atom. The van der Waals surface area contributed by atoms with Gasteiger partial charge in [-0.3, -0.25) is 9.89 Å². The molecule has 2 N–H and O–H groups in total. The van der Waals surface area contributed by atoms with Crippen molar-refractivity contribution < 1.29 is 9.53 Å². The van der Waals surface area contributed by atoms with Crippen molar-refractivity contribution in [1.82, 2.24) is 10.6 Å². The van der Waals surface area contributed by atoms with E-state index in [-0.39, 0.29) is 36.1 Å². The number of carbonyl (C=O) groups is 1. The molecule has 1 aromatic carbocycles. The number of benzene rings is 1. The summed E-state index contributed by atoms with van der Waals surface area (Å²) < 4.78 is 5.64. The van der Waals surface area contributed by atoms with Crippen LogP contribution in [-0.2, 0) is 11.3 Å². The average Bonchev–Trinajstić information content (AvgIpc) is 3.50. The highest BCUT2D eigenvalue weighted by Crippen LogP contribution is 2.35. The number of nitrogens with one attached hydrogen (secondary N) is 2. The van der Waals surface area contributed by atoms with Crippen molar-refractivity contribution in [3.63, 3.8) is 0 Å². The van der Waals surface area contributed by atoms with Crippen LogP contribution < -0.4 is 15.5 Å². The first-order valence-electron chi connectivity index (χ1n) is 10.3. The Bertz CT molecular complexity index is 737. The maximum absolute atomic E-state index is 12.7. The van der Waals surface area contributed by atoms with Crippen LogP contribution in [0.15, 0.2) is 23.2 Å². The minimum Gasteiger partial charge on any atom is -0.443 e. The summed E-state index contributed by atoms with van der Waals surface area (Å²) in [6.45, 7) is 9.45. The van der Waals surface area contributed by atoms with E-state index in [4.69, 9.17) is 4.74 Å². The lowest BCUT2D eigenvalue weighted by molar-refractivity contribution is 0.0577. The van der Waals surface area contributed by atoms with Gasteiger partial charge in [-0.05, 0) is 76.5 Å². The molecule has 7 heteroatoms. The Balaban J connectivity index is 0.00000300. The molecule has 0 radical (unpaired) electrons. The topological polar surface area (TPSA) is 66.0 Å². The molecular weight excluding hydrogens is 479 g/mol. The molecule has 0 aliphatic heterocycles. The molecule has 2 saturated carbocycles. The number of anilines is 1. The molecule has 0 spiro atoms. The summed E-state index contributed by atoms with van der Waals surface area (Å²) in [6.07, 6.45) is 4.45. The monoisotopic (exact) mass is 514 g/mol. The van der Waals surface area contributed by atoms with Crippen molar-refractivity contribution in [3.05, 3.63) is 29.3 Å². The van der Waals surface area contributed by atoms with Gasteiger partial charge < -0.3 is 15.4 Å². The fourth-order valence-electron chi connectivity index (χ4n) is 3.16. The molecule has 0 unspecified atom stereocenters. The zero-order chi connectivity index (χ0) is 20.3. The molecule has 0 bridgehead atoms.